The van der Waals surface area contributed by atoms with Crippen LogP contribution >= 0.6 is 23.1 Å². The zero-order valence-electron chi connectivity index (χ0n) is 15.3. The Balaban J connectivity index is 1.46. The number of aryl methyl sites for hydroxylation is 1. The lowest BCUT2D eigenvalue weighted by Crippen LogP contribution is -2.23. The summed E-state index contributed by atoms with van der Waals surface area (Å²) >= 11 is 3.05. The third-order valence-electron chi connectivity index (χ3n) is 5.11. The molecule has 142 valence electrons. The average Bonchev–Trinajstić information content (AvgIpc) is 3.05. The van der Waals surface area contributed by atoms with E-state index in [1.807, 2.05) is 12.1 Å². The number of fused-ring (bicyclic) bond motifs is 4. The SMILES string of the molecule is CC1CCc2c(sc3nc(SCn4nnc5ccccc5c4=O)nc(N)c23)C1. The van der Waals surface area contributed by atoms with Crippen LogP contribution in [0.2, 0.25) is 0 Å². The molecule has 1 aliphatic carbocycles. The second-order valence-corrected chi connectivity index (χ2v) is 9.10. The number of rotatable bonds is 3. The van der Waals surface area contributed by atoms with E-state index in [4.69, 9.17) is 10.7 Å². The van der Waals surface area contributed by atoms with Crippen molar-refractivity contribution in [2.24, 2.45) is 5.92 Å². The number of aromatic nitrogens is 5. The van der Waals surface area contributed by atoms with E-state index in [0.717, 1.165) is 23.1 Å². The Hall–Kier alpha value is -2.52. The minimum atomic E-state index is -0.173. The molecule has 1 aliphatic rings. The van der Waals surface area contributed by atoms with Gasteiger partial charge in [-0.3, -0.25) is 4.79 Å². The zero-order valence-corrected chi connectivity index (χ0v) is 16.9. The topological polar surface area (TPSA) is 99.6 Å². The lowest BCUT2D eigenvalue weighted by molar-refractivity contribution is 0.509. The van der Waals surface area contributed by atoms with Crippen LogP contribution in [0.3, 0.4) is 0 Å². The summed E-state index contributed by atoms with van der Waals surface area (Å²) < 4.78 is 1.33. The first-order valence-corrected chi connectivity index (χ1v) is 10.9. The van der Waals surface area contributed by atoms with Crippen molar-refractivity contribution in [1.29, 1.82) is 0 Å². The molecule has 9 heteroatoms. The Kier molecular flexibility index (Phi) is 4.28. The molecular weight excluding hydrogens is 392 g/mol. The van der Waals surface area contributed by atoms with Crippen molar-refractivity contribution in [2.45, 2.75) is 37.2 Å². The van der Waals surface area contributed by atoms with E-state index < -0.39 is 0 Å². The van der Waals surface area contributed by atoms with Gasteiger partial charge in [-0.15, -0.1) is 16.4 Å². The molecule has 1 aromatic carbocycles. The molecular formula is C19H18N6OS2. The van der Waals surface area contributed by atoms with Gasteiger partial charge in [0.15, 0.2) is 5.16 Å². The van der Waals surface area contributed by atoms with Crippen LogP contribution in [0.25, 0.3) is 21.1 Å². The number of anilines is 1. The number of nitrogens with two attached hydrogens (primary N) is 1. The second-order valence-electron chi connectivity index (χ2n) is 7.11. The molecule has 3 aromatic heterocycles. The highest BCUT2D eigenvalue weighted by molar-refractivity contribution is 7.98. The summed E-state index contributed by atoms with van der Waals surface area (Å²) in [7, 11) is 0. The molecule has 0 fully saturated rings. The molecule has 7 nitrogen and oxygen atoms in total. The van der Waals surface area contributed by atoms with Crippen LogP contribution in [-0.4, -0.2) is 25.0 Å². The van der Waals surface area contributed by atoms with E-state index >= 15 is 0 Å². The van der Waals surface area contributed by atoms with Crippen molar-refractivity contribution >= 4 is 50.0 Å². The molecule has 0 radical (unpaired) electrons. The molecule has 0 saturated heterocycles. The minimum absolute atomic E-state index is 0.173. The molecule has 1 atom stereocenters. The summed E-state index contributed by atoms with van der Waals surface area (Å²) in [6.07, 6.45) is 3.30. The fraction of sp³-hybridized carbons (Fsp3) is 0.316. The van der Waals surface area contributed by atoms with Gasteiger partial charge in [0, 0.05) is 4.88 Å². The smallest absolute Gasteiger partial charge is 0.278 e. The van der Waals surface area contributed by atoms with Crippen LogP contribution in [-0.2, 0) is 18.7 Å². The van der Waals surface area contributed by atoms with E-state index in [-0.39, 0.29) is 11.4 Å². The first kappa shape index (κ1) is 17.6. The molecule has 0 spiro atoms. The Bertz CT molecular complexity index is 1260. The molecule has 0 aliphatic heterocycles. The summed E-state index contributed by atoms with van der Waals surface area (Å²) in [5.74, 6) is 1.50. The lowest BCUT2D eigenvalue weighted by Gasteiger charge is -2.17. The third kappa shape index (κ3) is 2.94. The minimum Gasteiger partial charge on any atom is -0.383 e. The number of nitrogen functional groups attached to an aromatic ring is 1. The van der Waals surface area contributed by atoms with Gasteiger partial charge in [-0.2, -0.15) is 4.68 Å². The van der Waals surface area contributed by atoms with E-state index in [9.17, 15) is 4.79 Å². The largest absolute Gasteiger partial charge is 0.383 e. The van der Waals surface area contributed by atoms with Crippen LogP contribution in [0, 0.1) is 5.92 Å². The predicted octanol–water partition coefficient (Wildman–Crippen LogP) is 3.25. The lowest BCUT2D eigenvalue weighted by atomic mass is 9.89. The van der Waals surface area contributed by atoms with Gasteiger partial charge in [-0.05, 0) is 42.9 Å². The fourth-order valence-electron chi connectivity index (χ4n) is 3.64. The Labute approximate surface area is 169 Å². The fourth-order valence-corrected chi connectivity index (χ4v) is 5.82. The van der Waals surface area contributed by atoms with Crippen molar-refractivity contribution < 1.29 is 0 Å². The molecule has 5 rings (SSSR count). The van der Waals surface area contributed by atoms with Gasteiger partial charge in [0.05, 0.1) is 16.6 Å². The summed E-state index contributed by atoms with van der Waals surface area (Å²) in [5, 5.41) is 10.2. The highest BCUT2D eigenvalue weighted by atomic mass is 32.2. The van der Waals surface area contributed by atoms with Gasteiger partial charge in [0.2, 0.25) is 0 Å². The average molecular weight is 411 g/mol. The maximum absolute atomic E-state index is 12.6. The number of hydrogen-bond acceptors (Lipinski definition) is 8. The Morgan fingerprint density at radius 2 is 2.18 bits per heavy atom. The molecule has 3 heterocycles. The quantitative estimate of drug-likeness (QED) is 0.409. The first-order valence-electron chi connectivity index (χ1n) is 9.13. The molecule has 2 N–H and O–H groups in total. The Morgan fingerprint density at radius 3 is 3.07 bits per heavy atom. The summed E-state index contributed by atoms with van der Waals surface area (Å²) in [4.78, 5) is 24.1. The number of nitrogens with zero attached hydrogens (tertiary/aromatic N) is 5. The summed E-state index contributed by atoms with van der Waals surface area (Å²) in [6.45, 7) is 2.28. The van der Waals surface area contributed by atoms with Gasteiger partial charge >= 0.3 is 0 Å². The maximum atomic E-state index is 12.6. The maximum Gasteiger partial charge on any atom is 0.278 e. The normalized spacial score (nSPS) is 16.5. The number of thioether (sulfide) groups is 1. The van der Waals surface area contributed by atoms with E-state index in [2.05, 4.69) is 22.2 Å². The zero-order chi connectivity index (χ0) is 19.3. The number of benzene rings is 1. The Morgan fingerprint density at radius 1 is 1.32 bits per heavy atom. The summed E-state index contributed by atoms with van der Waals surface area (Å²) in [5.41, 5.74) is 8.02. The van der Waals surface area contributed by atoms with Crippen LogP contribution in [0.1, 0.15) is 23.8 Å². The first-order chi connectivity index (χ1) is 13.6. The van der Waals surface area contributed by atoms with Crippen molar-refractivity contribution in [1.82, 2.24) is 25.0 Å². The van der Waals surface area contributed by atoms with Crippen molar-refractivity contribution in [2.75, 3.05) is 5.73 Å². The number of hydrogen-bond donors (Lipinski definition) is 1. The molecule has 0 amide bonds. The standard InChI is InChI=1S/C19H18N6OS2/c1-10-6-7-12-14(8-10)28-17-15(12)16(20)21-19(22-17)27-9-25-18(26)11-4-2-3-5-13(11)23-24-25/h2-5,10H,6-9H2,1H3,(H2,20,21,22). The van der Waals surface area contributed by atoms with Crippen molar-refractivity contribution in [3.63, 3.8) is 0 Å². The number of thiophene rings is 1. The highest BCUT2D eigenvalue weighted by Crippen LogP contribution is 2.39. The van der Waals surface area contributed by atoms with Crippen LogP contribution < -0.4 is 11.3 Å². The van der Waals surface area contributed by atoms with Gasteiger partial charge in [-0.25, -0.2) is 9.97 Å². The van der Waals surface area contributed by atoms with Gasteiger partial charge < -0.3 is 5.73 Å². The van der Waals surface area contributed by atoms with Gasteiger partial charge in [0.1, 0.15) is 16.2 Å². The molecule has 28 heavy (non-hydrogen) atoms. The van der Waals surface area contributed by atoms with Crippen LogP contribution in [0.15, 0.2) is 34.2 Å². The molecule has 4 aromatic rings. The van der Waals surface area contributed by atoms with Crippen molar-refractivity contribution in [3.05, 3.63) is 45.1 Å². The molecule has 0 saturated carbocycles. The molecule has 0 bridgehead atoms. The van der Waals surface area contributed by atoms with Gasteiger partial charge in [0.25, 0.3) is 5.56 Å². The highest BCUT2D eigenvalue weighted by Gasteiger charge is 2.23. The van der Waals surface area contributed by atoms with Crippen molar-refractivity contribution in [3.8, 4) is 0 Å². The third-order valence-corrected chi connectivity index (χ3v) is 7.07. The monoisotopic (exact) mass is 410 g/mol. The molecule has 1 unspecified atom stereocenters. The van der Waals surface area contributed by atoms with Crippen LogP contribution in [0.5, 0.6) is 0 Å². The predicted molar refractivity (Wildman–Crippen MR) is 113 cm³/mol. The van der Waals surface area contributed by atoms with E-state index in [0.29, 0.717) is 27.8 Å². The second kappa shape index (κ2) is 6.82. The van der Waals surface area contributed by atoms with Crippen LogP contribution in [0.4, 0.5) is 5.82 Å². The van der Waals surface area contributed by atoms with E-state index in [1.165, 1.54) is 33.3 Å². The van der Waals surface area contributed by atoms with E-state index in [1.54, 1.807) is 23.5 Å². The summed E-state index contributed by atoms with van der Waals surface area (Å²) in [6, 6.07) is 7.19. The van der Waals surface area contributed by atoms with Gasteiger partial charge in [-0.1, -0.05) is 36.0 Å².